The molecule has 6 nitrogen and oxygen atoms in total. The molecule has 1 aliphatic carbocycles. The van der Waals surface area contributed by atoms with Gasteiger partial charge in [0.2, 0.25) is 11.8 Å². The Labute approximate surface area is 147 Å². The normalized spacial score (nSPS) is 17.4. The van der Waals surface area contributed by atoms with Gasteiger partial charge in [-0.2, -0.15) is 4.98 Å². The number of hydrogen-bond donors (Lipinski definition) is 2. The van der Waals surface area contributed by atoms with Crippen LogP contribution in [-0.4, -0.2) is 28.2 Å². The van der Waals surface area contributed by atoms with Crippen LogP contribution < -0.4 is 15.5 Å². The van der Waals surface area contributed by atoms with E-state index >= 15 is 0 Å². The van der Waals surface area contributed by atoms with E-state index < -0.39 is 7.12 Å². The van der Waals surface area contributed by atoms with Crippen molar-refractivity contribution in [3.8, 4) is 5.88 Å². The Hall–Kier alpha value is -2.12. The summed E-state index contributed by atoms with van der Waals surface area (Å²) in [6.45, 7) is 2.38. The van der Waals surface area contributed by atoms with Crippen LogP contribution in [0.25, 0.3) is 0 Å². The third-order valence-corrected chi connectivity index (χ3v) is 4.82. The van der Waals surface area contributed by atoms with Gasteiger partial charge < -0.3 is 19.7 Å². The Morgan fingerprint density at radius 2 is 2.12 bits per heavy atom. The second-order valence-corrected chi connectivity index (χ2v) is 6.76. The summed E-state index contributed by atoms with van der Waals surface area (Å²) >= 11 is 0. The molecule has 0 amide bonds. The number of rotatable bonds is 4. The summed E-state index contributed by atoms with van der Waals surface area (Å²) in [5, 5.41) is 12.9. The number of aryl methyl sites for hydroxylation is 1. The molecule has 1 aromatic heterocycles. The van der Waals surface area contributed by atoms with Gasteiger partial charge in [0.25, 0.3) is 0 Å². The summed E-state index contributed by atoms with van der Waals surface area (Å²) in [5.41, 5.74) is 3.60. The number of fused-ring (bicyclic) bond motifs is 1. The average molecular weight is 339 g/mol. The maximum Gasteiger partial charge on any atom is 0.491 e. The lowest BCUT2D eigenvalue weighted by molar-refractivity contribution is 0.147. The lowest BCUT2D eigenvalue weighted by Gasteiger charge is -2.23. The number of anilines is 2. The van der Waals surface area contributed by atoms with Crippen molar-refractivity contribution >= 4 is 24.2 Å². The molecule has 4 rings (SSSR count). The van der Waals surface area contributed by atoms with Crippen molar-refractivity contribution in [3.63, 3.8) is 0 Å². The molecular weight excluding hydrogens is 317 g/mol. The lowest BCUT2D eigenvalue weighted by atomic mass is 9.79. The molecule has 1 aromatic carbocycles. The monoisotopic (exact) mass is 339 g/mol. The highest BCUT2D eigenvalue weighted by Crippen LogP contribution is 2.25. The summed E-state index contributed by atoms with van der Waals surface area (Å²) in [6.07, 6.45) is 7.98. The van der Waals surface area contributed by atoms with Gasteiger partial charge in [0.1, 0.15) is 6.10 Å². The molecule has 2 heterocycles. The largest absolute Gasteiger partial charge is 0.491 e. The zero-order valence-electron chi connectivity index (χ0n) is 14.4. The molecule has 1 saturated carbocycles. The molecule has 0 atom stereocenters. The van der Waals surface area contributed by atoms with Crippen molar-refractivity contribution in [2.45, 2.75) is 51.7 Å². The van der Waals surface area contributed by atoms with Gasteiger partial charge in [-0.15, -0.1) is 0 Å². The fraction of sp³-hybridized carbons (Fsp3) is 0.444. The first kappa shape index (κ1) is 16.4. The second kappa shape index (κ2) is 7.02. The molecule has 1 fully saturated rings. The van der Waals surface area contributed by atoms with Crippen LogP contribution >= 0.6 is 0 Å². The van der Waals surface area contributed by atoms with Crippen LogP contribution in [0.5, 0.6) is 5.88 Å². The molecule has 0 saturated heterocycles. The molecule has 0 spiro atoms. The highest BCUT2D eigenvalue weighted by molar-refractivity contribution is 6.61. The van der Waals surface area contributed by atoms with Crippen LogP contribution in [-0.2, 0) is 11.3 Å². The molecule has 2 N–H and O–H groups in total. The Bertz CT molecular complexity index is 765. The van der Waals surface area contributed by atoms with Crippen molar-refractivity contribution in [3.05, 3.63) is 35.5 Å². The molecule has 2 aliphatic rings. The van der Waals surface area contributed by atoms with Crippen molar-refractivity contribution in [2.75, 3.05) is 5.32 Å². The van der Waals surface area contributed by atoms with Gasteiger partial charge in [0.05, 0.1) is 6.61 Å². The minimum atomic E-state index is -0.824. The zero-order valence-corrected chi connectivity index (χ0v) is 14.4. The molecule has 25 heavy (non-hydrogen) atoms. The predicted molar refractivity (Wildman–Crippen MR) is 96.4 cm³/mol. The number of aromatic nitrogens is 2. The summed E-state index contributed by atoms with van der Waals surface area (Å²) in [7, 11) is -0.824. The van der Waals surface area contributed by atoms with Gasteiger partial charge in [-0.3, -0.25) is 0 Å². The van der Waals surface area contributed by atoms with E-state index in [1.165, 1.54) is 19.3 Å². The van der Waals surface area contributed by atoms with E-state index in [-0.39, 0.29) is 6.10 Å². The first-order valence-electron chi connectivity index (χ1n) is 8.89. The van der Waals surface area contributed by atoms with Crippen LogP contribution in [0.15, 0.2) is 24.4 Å². The third kappa shape index (κ3) is 3.62. The minimum absolute atomic E-state index is 0.258. The van der Waals surface area contributed by atoms with E-state index in [1.807, 2.05) is 25.1 Å². The second-order valence-electron chi connectivity index (χ2n) is 6.76. The standard InChI is InChI=1S/C18H22BN3O3/c1-12-10-20-18(22-17(12)25-15-5-3-2-4-6-15)21-14-7-8-16-13(9-14)11-24-19(16)23/h7-10,15,23H,2-6,11H2,1H3,(H,20,21,22). The summed E-state index contributed by atoms with van der Waals surface area (Å²) in [4.78, 5) is 8.90. The molecule has 1 aliphatic heterocycles. The van der Waals surface area contributed by atoms with E-state index in [9.17, 15) is 5.02 Å². The van der Waals surface area contributed by atoms with E-state index in [4.69, 9.17) is 9.39 Å². The Morgan fingerprint density at radius 1 is 1.28 bits per heavy atom. The highest BCUT2D eigenvalue weighted by atomic mass is 16.5. The van der Waals surface area contributed by atoms with Crippen LogP contribution in [0.4, 0.5) is 11.6 Å². The molecule has 0 unspecified atom stereocenters. The SMILES string of the molecule is Cc1cnc(Nc2ccc3c(c2)COB3O)nc1OC1CCCCC1. The van der Waals surface area contributed by atoms with Crippen LogP contribution in [0.3, 0.4) is 0 Å². The number of nitrogens with zero attached hydrogens (tertiary/aromatic N) is 2. The van der Waals surface area contributed by atoms with Gasteiger partial charge in [0, 0.05) is 17.4 Å². The van der Waals surface area contributed by atoms with Crippen LogP contribution in [0.1, 0.15) is 43.2 Å². The van der Waals surface area contributed by atoms with Gasteiger partial charge in [-0.1, -0.05) is 12.5 Å². The average Bonchev–Trinajstić information content (AvgIpc) is 2.99. The smallest absolute Gasteiger partial charge is 0.474 e. The number of benzene rings is 1. The highest BCUT2D eigenvalue weighted by Gasteiger charge is 2.27. The summed E-state index contributed by atoms with van der Waals surface area (Å²) in [6, 6.07) is 5.71. The van der Waals surface area contributed by atoms with E-state index in [0.717, 1.165) is 35.1 Å². The number of hydrogen-bond acceptors (Lipinski definition) is 6. The zero-order chi connectivity index (χ0) is 17.2. The van der Waals surface area contributed by atoms with E-state index in [1.54, 1.807) is 6.20 Å². The van der Waals surface area contributed by atoms with Gasteiger partial charge in [-0.25, -0.2) is 4.98 Å². The Morgan fingerprint density at radius 3 is 2.96 bits per heavy atom. The van der Waals surface area contributed by atoms with E-state index in [0.29, 0.717) is 18.4 Å². The van der Waals surface area contributed by atoms with Crippen molar-refractivity contribution < 1.29 is 14.4 Å². The van der Waals surface area contributed by atoms with Crippen molar-refractivity contribution in [2.24, 2.45) is 0 Å². The van der Waals surface area contributed by atoms with Crippen LogP contribution in [0, 0.1) is 6.92 Å². The summed E-state index contributed by atoms with van der Waals surface area (Å²) < 4.78 is 11.3. The predicted octanol–water partition coefficient (Wildman–Crippen LogP) is 2.46. The Kier molecular flexibility index (Phi) is 4.59. The Balaban J connectivity index is 1.50. The topological polar surface area (TPSA) is 76.5 Å². The molecule has 0 bridgehead atoms. The fourth-order valence-corrected chi connectivity index (χ4v) is 3.38. The maximum absolute atomic E-state index is 9.70. The minimum Gasteiger partial charge on any atom is -0.474 e. The van der Waals surface area contributed by atoms with E-state index in [2.05, 4.69) is 15.3 Å². The van der Waals surface area contributed by atoms with Gasteiger partial charge >= 0.3 is 7.12 Å². The van der Waals surface area contributed by atoms with Gasteiger partial charge in [-0.05, 0) is 55.8 Å². The first-order valence-corrected chi connectivity index (χ1v) is 8.89. The maximum atomic E-state index is 9.70. The summed E-state index contributed by atoms with van der Waals surface area (Å²) in [5.74, 6) is 1.17. The number of nitrogens with one attached hydrogen (secondary N) is 1. The fourth-order valence-electron chi connectivity index (χ4n) is 3.38. The number of ether oxygens (including phenoxy) is 1. The molecule has 0 radical (unpaired) electrons. The molecular formula is C18H22BN3O3. The third-order valence-electron chi connectivity index (χ3n) is 4.82. The van der Waals surface area contributed by atoms with Crippen molar-refractivity contribution in [1.82, 2.24) is 9.97 Å². The molecule has 130 valence electrons. The van der Waals surface area contributed by atoms with Crippen molar-refractivity contribution in [1.29, 1.82) is 0 Å². The van der Waals surface area contributed by atoms with Crippen LogP contribution in [0.2, 0.25) is 0 Å². The van der Waals surface area contributed by atoms with Gasteiger partial charge in [0.15, 0.2) is 0 Å². The molecule has 7 heteroatoms. The first-order chi connectivity index (χ1) is 12.2. The molecule has 2 aromatic rings. The quantitative estimate of drug-likeness (QED) is 0.834. The lowest BCUT2D eigenvalue weighted by Crippen LogP contribution is -2.27.